The van der Waals surface area contributed by atoms with E-state index in [1.165, 1.54) is 94.2 Å². The number of hydrogen-bond acceptors (Lipinski definition) is 0. The molecule has 1 unspecified atom stereocenters. The van der Waals surface area contributed by atoms with Crippen molar-refractivity contribution in [1.29, 1.82) is 0 Å². The third-order valence-corrected chi connectivity index (χ3v) is 11.9. The van der Waals surface area contributed by atoms with Gasteiger partial charge in [0.2, 0.25) is 0 Å². The van der Waals surface area contributed by atoms with Gasteiger partial charge in [-0.3, -0.25) is 0 Å². The second-order valence-corrected chi connectivity index (χ2v) is 15.4. The van der Waals surface area contributed by atoms with Crippen molar-refractivity contribution < 1.29 is 0 Å². The molecule has 10 aromatic rings. The van der Waals surface area contributed by atoms with Crippen LogP contribution in [0.2, 0.25) is 0 Å². The van der Waals surface area contributed by atoms with Gasteiger partial charge in [0.15, 0.2) is 0 Å². The fraction of sp³-hybridized carbons (Fsp3) is 0.0877. The van der Waals surface area contributed by atoms with Gasteiger partial charge in [-0.05, 0) is 135 Å². The van der Waals surface area contributed by atoms with E-state index >= 15 is 0 Å². The number of benzene rings is 8. The molecule has 2 heterocycles. The molecule has 0 radical (unpaired) electrons. The molecule has 0 saturated carbocycles. The van der Waals surface area contributed by atoms with Crippen LogP contribution in [0.1, 0.15) is 44.4 Å². The summed E-state index contributed by atoms with van der Waals surface area (Å²) >= 11 is 0. The summed E-state index contributed by atoms with van der Waals surface area (Å²) in [7, 11) is 0. The monoisotopic (exact) mass is 758 g/mol. The molecule has 0 spiro atoms. The molecule has 11 rings (SSSR count). The maximum absolute atomic E-state index is 2.44. The highest BCUT2D eigenvalue weighted by Crippen LogP contribution is 2.41. The number of fused-ring (bicyclic) bond motifs is 6. The number of aromatic nitrogens is 2. The summed E-state index contributed by atoms with van der Waals surface area (Å²) in [4.78, 5) is 0. The molecule has 0 bridgehead atoms. The molecule has 2 nitrogen and oxygen atoms in total. The summed E-state index contributed by atoms with van der Waals surface area (Å²) in [5.41, 5.74) is 18.4. The van der Waals surface area contributed by atoms with E-state index in [1.807, 2.05) is 13.8 Å². The van der Waals surface area contributed by atoms with Crippen LogP contribution < -0.4 is 0 Å². The first-order valence-electron chi connectivity index (χ1n) is 21.0. The van der Waals surface area contributed by atoms with Gasteiger partial charge < -0.3 is 9.13 Å². The number of para-hydroxylation sites is 3. The van der Waals surface area contributed by atoms with Gasteiger partial charge in [-0.1, -0.05) is 154 Å². The molecule has 1 aliphatic carbocycles. The predicted octanol–water partition coefficient (Wildman–Crippen LogP) is 15.9. The Kier molecular flexibility index (Phi) is 9.39. The summed E-state index contributed by atoms with van der Waals surface area (Å²) in [6, 6.07) is 71.1. The van der Waals surface area contributed by atoms with Crippen LogP contribution in [0, 0.1) is 0 Å². The summed E-state index contributed by atoms with van der Waals surface area (Å²) < 4.78 is 4.81. The fourth-order valence-electron chi connectivity index (χ4n) is 9.19. The van der Waals surface area contributed by atoms with Crippen LogP contribution in [0.5, 0.6) is 0 Å². The molecule has 8 aromatic carbocycles. The van der Waals surface area contributed by atoms with Gasteiger partial charge in [0.25, 0.3) is 0 Å². The van der Waals surface area contributed by atoms with Crippen molar-refractivity contribution >= 4 is 38.8 Å². The lowest BCUT2D eigenvalue weighted by Gasteiger charge is -2.17. The van der Waals surface area contributed by atoms with Crippen LogP contribution in [-0.2, 0) is 0 Å². The topological polar surface area (TPSA) is 9.86 Å². The largest absolute Gasteiger partial charge is 0.310 e. The van der Waals surface area contributed by atoms with E-state index in [0.717, 1.165) is 12.1 Å². The normalized spacial score (nSPS) is 13.4. The highest BCUT2D eigenvalue weighted by Gasteiger charge is 2.23. The van der Waals surface area contributed by atoms with Crippen LogP contribution in [0.4, 0.5) is 0 Å². The second-order valence-electron chi connectivity index (χ2n) is 15.4. The van der Waals surface area contributed by atoms with Crippen molar-refractivity contribution in [2.75, 3.05) is 0 Å². The van der Waals surface area contributed by atoms with Gasteiger partial charge in [-0.15, -0.1) is 0 Å². The Hall–Kier alpha value is -7.16. The van der Waals surface area contributed by atoms with Crippen LogP contribution in [-0.4, -0.2) is 9.13 Å². The molecule has 0 saturated heterocycles. The van der Waals surface area contributed by atoms with Gasteiger partial charge in [0.05, 0.1) is 16.6 Å². The summed E-state index contributed by atoms with van der Waals surface area (Å²) in [5, 5.41) is 3.91. The van der Waals surface area contributed by atoms with Crippen LogP contribution >= 0.6 is 0 Å². The van der Waals surface area contributed by atoms with Crippen molar-refractivity contribution in [3.8, 4) is 55.9 Å². The number of hydrogen-bond donors (Lipinski definition) is 0. The number of rotatable bonds is 6. The average molecular weight is 759 g/mol. The molecule has 59 heavy (non-hydrogen) atoms. The van der Waals surface area contributed by atoms with Crippen molar-refractivity contribution in [2.24, 2.45) is 0 Å². The van der Waals surface area contributed by atoms with Crippen molar-refractivity contribution in [3.05, 3.63) is 211 Å². The van der Waals surface area contributed by atoms with E-state index in [0.29, 0.717) is 5.92 Å². The van der Waals surface area contributed by atoms with Crippen molar-refractivity contribution in [1.82, 2.24) is 9.13 Å². The second kappa shape index (κ2) is 15.3. The maximum Gasteiger partial charge on any atom is 0.0541 e. The van der Waals surface area contributed by atoms with Crippen molar-refractivity contribution in [2.45, 2.75) is 33.1 Å². The third-order valence-electron chi connectivity index (χ3n) is 11.9. The molecule has 1 aliphatic rings. The van der Waals surface area contributed by atoms with E-state index in [2.05, 4.69) is 222 Å². The molecular weight excluding hydrogens is 713 g/mol. The zero-order valence-electron chi connectivity index (χ0n) is 33.8. The minimum absolute atomic E-state index is 0.499. The standard InChI is InChI=1S/C55H40N2.C2H6/c1-37-13-11-24-54-55(37)50-20-7-10-23-53(50)57(54)47-31-27-40(28-32-47)44-34-43(38-14-3-2-4-15-38)35-45(36-44)42-17-12-16-41(33-42)39-25-29-46(30-26-39)56-51-21-8-5-18-48(51)49-19-6-9-22-52(49)56;1-2/h2-12,14-37H,13H2,1H3;1-2H3. The van der Waals surface area contributed by atoms with E-state index in [-0.39, 0.29) is 0 Å². The Morgan fingerprint density at radius 1 is 0.373 bits per heavy atom. The first-order valence-corrected chi connectivity index (χ1v) is 21.0. The van der Waals surface area contributed by atoms with E-state index < -0.39 is 0 Å². The Labute approximate surface area is 347 Å². The third kappa shape index (κ3) is 6.38. The molecule has 0 amide bonds. The Morgan fingerprint density at radius 2 is 0.780 bits per heavy atom. The lowest BCUT2D eigenvalue weighted by atomic mass is 9.91. The van der Waals surface area contributed by atoms with E-state index in [9.17, 15) is 0 Å². The van der Waals surface area contributed by atoms with Gasteiger partial charge in [0, 0.05) is 33.2 Å². The Balaban J connectivity index is 0.00000207. The SMILES string of the molecule is CC.CC1CC=Cc2c1c1ccccc1n2-c1ccc(-c2cc(-c3ccccc3)cc(-c3cccc(-c4ccc(-n5c6ccccc6c6ccccc65)cc4)c3)c2)cc1. The first kappa shape index (κ1) is 36.2. The molecule has 284 valence electrons. The highest BCUT2D eigenvalue weighted by atomic mass is 15.0. The maximum atomic E-state index is 2.44. The van der Waals surface area contributed by atoms with E-state index in [4.69, 9.17) is 0 Å². The summed E-state index contributed by atoms with van der Waals surface area (Å²) in [6.07, 6.45) is 5.72. The minimum atomic E-state index is 0.499. The highest BCUT2D eigenvalue weighted by molar-refractivity contribution is 6.09. The molecule has 1 atom stereocenters. The summed E-state index contributed by atoms with van der Waals surface area (Å²) in [5.74, 6) is 0.499. The van der Waals surface area contributed by atoms with Gasteiger partial charge in [0.1, 0.15) is 0 Å². The lowest BCUT2D eigenvalue weighted by molar-refractivity contribution is 0.773. The molecule has 0 N–H and O–H groups in total. The molecule has 2 heteroatoms. The van der Waals surface area contributed by atoms with Gasteiger partial charge in [-0.25, -0.2) is 0 Å². The zero-order chi connectivity index (χ0) is 39.9. The molecule has 0 aliphatic heterocycles. The quantitative estimate of drug-likeness (QED) is 0.160. The molecule has 2 aromatic heterocycles. The van der Waals surface area contributed by atoms with Gasteiger partial charge in [-0.2, -0.15) is 0 Å². The Bertz CT molecular complexity index is 3090. The van der Waals surface area contributed by atoms with E-state index in [1.54, 1.807) is 0 Å². The number of allylic oxidation sites excluding steroid dienone is 1. The Morgan fingerprint density at radius 3 is 1.37 bits per heavy atom. The predicted molar refractivity (Wildman–Crippen MR) is 253 cm³/mol. The average Bonchev–Trinajstić information content (AvgIpc) is 3.84. The zero-order valence-corrected chi connectivity index (χ0v) is 33.8. The molecular formula is C57H46N2. The smallest absolute Gasteiger partial charge is 0.0541 e. The first-order chi connectivity index (χ1) is 29.2. The van der Waals surface area contributed by atoms with Crippen LogP contribution in [0.25, 0.3) is 94.7 Å². The fourth-order valence-corrected chi connectivity index (χ4v) is 9.19. The lowest BCUT2D eigenvalue weighted by Crippen LogP contribution is -2.02. The molecule has 0 fully saturated rings. The van der Waals surface area contributed by atoms with Gasteiger partial charge >= 0.3 is 0 Å². The van der Waals surface area contributed by atoms with Crippen LogP contribution in [0.3, 0.4) is 0 Å². The minimum Gasteiger partial charge on any atom is -0.310 e. The number of nitrogens with zero attached hydrogens (tertiary/aromatic N) is 2. The van der Waals surface area contributed by atoms with Crippen molar-refractivity contribution in [3.63, 3.8) is 0 Å². The summed E-state index contributed by atoms with van der Waals surface area (Å²) in [6.45, 7) is 6.35. The van der Waals surface area contributed by atoms with Crippen LogP contribution in [0.15, 0.2) is 200 Å².